The molecule has 2 N–H and O–H groups in total. The van der Waals surface area contributed by atoms with Crippen LogP contribution in [-0.2, 0) is 20.9 Å². The van der Waals surface area contributed by atoms with Crippen LogP contribution in [0.1, 0.15) is 11.1 Å². The van der Waals surface area contributed by atoms with Gasteiger partial charge in [0.2, 0.25) is 5.91 Å². The molecule has 1 aliphatic heterocycles. The molecule has 2 heterocycles. The van der Waals surface area contributed by atoms with Crippen molar-refractivity contribution in [2.45, 2.75) is 13.5 Å². The predicted molar refractivity (Wildman–Crippen MR) is 144 cm³/mol. The van der Waals surface area contributed by atoms with Gasteiger partial charge in [-0.3, -0.25) is 24.6 Å². The Bertz CT molecular complexity index is 1560. The molecule has 1 saturated heterocycles. The number of hydrogen-bond acceptors (Lipinski definition) is 4. The summed E-state index contributed by atoms with van der Waals surface area (Å²) in [5.41, 5.74) is 3.58. The lowest BCUT2D eigenvalue weighted by molar-refractivity contribution is -0.122. The Morgan fingerprint density at radius 1 is 0.972 bits per heavy atom. The van der Waals surface area contributed by atoms with E-state index in [9.17, 15) is 14.4 Å². The van der Waals surface area contributed by atoms with Gasteiger partial charge in [-0.15, -0.1) is 0 Å². The Labute approximate surface area is 213 Å². The Morgan fingerprint density at radius 2 is 1.67 bits per heavy atom. The van der Waals surface area contributed by atoms with Gasteiger partial charge in [-0.2, -0.15) is 0 Å². The SMILES string of the molecule is Cc1ccccc1N1C(=O)/C(=C\c2cn(CC(=O)Nc3ccccc3)c3ccccc23)C(=O)NC1=S. The molecule has 1 aliphatic rings. The lowest BCUT2D eigenvalue weighted by Gasteiger charge is -2.29. The van der Waals surface area contributed by atoms with Crippen LogP contribution in [0.25, 0.3) is 17.0 Å². The highest BCUT2D eigenvalue weighted by Crippen LogP contribution is 2.28. The summed E-state index contributed by atoms with van der Waals surface area (Å²) in [5, 5.41) is 6.36. The van der Waals surface area contributed by atoms with Gasteiger partial charge in [0.1, 0.15) is 12.1 Å². The van der Waals surface area contributed by atoms with E-state index < -0.39 is 11.8 Å². The van der Waals surface area contributed by atoms with Crippen LogP contribution in [-0.4, -0.2) is 27.4 Å². The number of fused-ring (bicyclic) bond motifs is 1. The first-order valence-corrected chi connectivity index (χ1v) is 11.7. The predicted octanol–water partition coefficient (Wildman–Crippen LogP) is 4.42. The van der Waals surface area contributed by atoms with Gasteiger partial charge in [-0.05, 0) is 55.0 Å². The molecular formula is C28H22N4O3S. The number of thiocarbonyl (C=S) groups is 1. The first kappa shape index (κ1) is 23.2. The van der Waals surface area contributed by atoms with E-state index in [1.54, 1.807) is 22.9 Å². The van der Waals surface area contributed by atoms with Gasteiger partial charge in [0.15, 0.2) is 5.11 Å². The highest BCUT2D eigenvalue weighted by molar-refractivity contribution is 7.80. The van der Waals surface area contributed by atoms with Crippen molar-refractivity contribution in [2.24, 2.45) is 0 Å². The summed E-state index contributed by atoms with van der Waals surface area (Å²) in [7, 11) is 0. The Hall–Kier alpha value is -4.56. The molecule has 0 atom stereocenters. The molecule has 1 aromatic heterocycles. The Morgan fingerprint density at radius 3 is 2.44 bits per heavy atom. The largest absolute Gasteiger partial charge is 0.337 e. The lowest BCUT2D eigenvalue weighted by Crippen LogP contribution is -2.54. The molecule has 5 rings (SSSR count). The van der Waals surface area contributed by atoms with Crippen molar-refractivity contribution in [3.63, 3.8) is 0 Å². The van der Waals surface area contributed by atoms with Crippen LogP contribution in [0.4, 0.5) is 11.4 Å². The number of aryl methyl sites for hydroxylation is 1. The molecule has 0 radical (unpaired) electrons. The molecule has 178 valence electrons. The Kier molecular flexibility index (Phi) is 6.18. The van der Waals surface area contributed by atoms with Crippen LogP contribution in [0.3, 0.4) is 0 Å². The number of nitrogens with one attached hydrogen (secondary N) is 2. The number of rotatable bonds is 5. The van der Waals surface area contributed by atoms with E-state index in [1.165, 1.54) is 4.90 Å². The summed E-state index contributed by atoms with van der Waals surface area (Å²) in [6.45, 7) is 1.94. The minimum absolute atomic E-state index is 0.0384. The van der Waals surface area contributed by atoms with Crippen LogP contribution in [0.15, 0.2) is 90.6 Å². The molecule has 7 nitrogen and oxygen atoms in total. The van der Waals surface area contributed by atoms with Crippen LogP contribution in [0.2, 0.25) is 0 Å². The molecule has 0 spiro atoms. The van der Waals surface area contributed by atoms with Crippen molar-refractivity contribution >= 4 is 63.4 Å². The topological polar surface area (TPSA) is 83.4 Å². The van der Waals surface area contributed by atoms with Gasteiger partial charge in [-0.25, -0.2) is 0 Å². The second kappa shape index (κ2) is 9.59. The van der Waals surface area contributed by atoms with E-state index >= 15 is 0 Å². The van der Waals surface area contributed by atoms with Gasteiger partial charge < -0.3 is 9.88 Å². The number of carbonyl (C=O) groups excluding carboxylic acids is 3. The van der Waals surface area contributed by atoms with E-state index in [0.717, 1.165) is 16.5 Å². The van der Waals surface area contributed by atoms with Crippen LogP contribution in [0, 0.1) is 6.92 Å². The number of aromatic nitrogens is 1. The van der Waals surface area contributed by atoms with Crippen molar-refractivity contribution in [1.82, 2.24) is 9.88 Å². The van der Waals surface area contributed by atoms with Crippen LogP contribution >= 0.6 is 12.2 Å². The van der Waals surface area contributed by atoms with E-state index in [2.05, 4.69) is 10.6 Å². The minimum Gasteiger partial charge on any atom is -0.337 e. The van der Waals surface area contributed by atoms with Gasteiger partial charge in [0.05, 0.1) is 5.69 Å². The summed E-state index contributed by atoms with van der Waals surface area (Å²) in [5.74, 6) is -1.26. The third-order valence-corrected chi connectivity index (χ3v) is 6.23. The number of amides is 3. The molecule has 4 aromatic rings. The number of benzene rings is 3. The zero-order valence-corrected chi connectivity index (χ0v) is 20.2. The van der Waals surface area contributed by atoms with Crippen molar-refractivity contribution in [1.29, 1.82) is 0 Å². The lowest BCUT2D eigenvalue weighted by atomic mass is 10.1. The second-order valence-electron chi connectivity index (χ2n) is 8.39. The first-order chi connectivity index (χ1) is 17.4. The summed E-state index contributed by atoms with van der Waals surface area (Å²) in [6.07, 6.45) is 3.33. The molecule has 0 aliphatic carbocycles. The number of hydrogen-bond donors (Lipinski definition) is 2. The van der Waals surface area contributed by atoms with Gasteiger partial charge in [0, 0.05) is 28.4 Å². The smallest absolute Gasteiger partial charge is 0.270 e. The molecular weight excluding hydrogens is 472 g/mol. The van der Waals surface area contributed by atoms with Crippen molar-refractivity contribution in [2.75, 3.05) is 10.2 Å². The maximum absolute atomic E-state index is 13.5. The fourth-order valence-corrected chi connectivity index (χ4v) is 4.52. The average molecular weight is 495 g/mol. The molecule has 3 aromatic carbocycles. The van der Waals surface area contributed by atoms with E-state index in [1.807, 2.05) is 79.7 Å². The monoisotopic (exact) mass is 494 g/mol. The molecule has 8 heteroatoms. The quantitative estimate of drug-likeness (QED) is 0.244. The van der Waals surface area contributed by atoms with Crippen LogP contribution in [0.5, 0.6) is 0 Å². The fourth-order valence-electron chi connectivity index (χ4n) is 4.24. The standard InChI is InChI=1S/C28H22N4O3S/c1-18-9-5-7-13-23(18)32-27(35)22(26(34)30-28(32)36)15-19-16-31(24-14-8-6-12-21(19)24)17-25(33)29-20-10-3-2-4-11-20/h2-16H,17H2,1H3,(H,29,33)(H,30,34,36)/b22-15-. The maximum atomic E-state index is 13.5. The first-order valence-electron chi connectivity index (χ1n) is 11.3. The number of anilines is 2. The average Bonchev–Trinajstić information content (AvgIpc) is 3.20. The summed E-state index contributed by atoms with van der Waals surface area (Å²) in [6, 6.07) is 24.1. The normalized spacial score (nSPS) is 14.9. The third-order valence-electron chi connectivity index (χ3n) is 5.95. The highest BCUT2D eigenvalue weighted by Gasteiger charge is 2.35. The third kappa shape index (κ3) is 4.42. The summed E-state index contributed by atoms with van der Waals surface area (Å²) < 4.78 is 1.80. The molecule has 1 fully saturated rings. The number of carbonyl (C=O) groups is 3. The van der Waals surface area contributed by atoms with Crippen molar-refractivity contribution < 1.29 is 14.4 Å². The second-order valence-corrected chi connectivity index (χ2v) is 8.77. The van der Waals surface area contributed by atoms with Gasteiger partial charge in [-0.1, -0.05) is 54.6 Å². The van der Waals surface area contributed by atoms with Crippen molar-refractivity contribution in [3.8, 4) is 0 Å². The fraction of sp³-hybridized carbons (Fsp3) is 0.0714. The Balaban J connectivity index is 1.50. The van der Waals surface area contributed by atoms with Gasteiger partial charge in [0.25, 0.3) is 11.8 Å². The van der Waals surface area contributed by atoms with E-state index in [0.29, 0.717) is 16.9 Å². The van der Waals surface area contributed by atoms with E-state index in [4.69, 9.17) is 12.2 Å². The number of para-hydroxylation sites is 3. The molecule has 36 heavy (non-hydrogen) atoms. The molecule has 0 bridgehead atoms. The minimum atomic E-state index is -0.562. The van der Waals surface area contributed by atoms with Crippen molar-refractivity contribution in [3.05, 3.63) is 102 Å². The number of nitrogens with zero attached hydrogens (tertiary/aromatic N) is 2. The molecule has 3 amide bonds. The molecule has 0 unspecified atom stereocenters. The zero-order valence-electron chi connectivity index (χ0n) is 19.4. The van der Waals surface area contributed by atoms with Gasteiger partial charge >= 0.3 is 0 Å². The summed E-state index contributed by atoms with van der Waals surface area (Å²) in [4.78, 5) is 40.3. The van der Waals surface area contributed by atoms with Crippen LogP contribution < -0.4 is 15.5 Å². The highest BCUT2D eigenvalue weighted by atomic mass is 32.1. The summed E-state index contributed by atoms with van der Waals surface area (Å²) >= 11 is 5.32. The molecule has 0 saturated carbocycles. The zero-order chi connectivity index (χ0) is 25.2. The van der Waals surface area contributed by atoms with E-state index in [-0.39, 0.29) is 23.1 Å². The maximum Gasteiger partial charge on any atom is 0.270 e.